The molecule has 96 valence electrons. The largest absolute Gasteiger partial charge is 0.496 e. The zero-order chi connectivity index (χ0) is 13.0. The van der Waals surface area contributed by atoms with Crippen LogP contribution in [0.2, 0.25) is 0 Å². The average molecular weight is 247 g/mol. The minimum Gasteiger partial charge on any atom is -0.496 e. The molecule has 4 heteroatoms. The normalized spacial score (nSPS) is 15.4. The Morgan fingerprint density at radius 2 is 2.06 bits per heavy atom. The molecule has 1 aromatic rings. The number of hydrogen-bond donors (Lipinski definition) is 1. The molecule has 0 saturated carbocycles. The fourth-order valence-electron chi connectivity index (χ4n) is 2.18. The Morgan fingerprint density at radius 1 is 1.28 bits per heavy atom. The van der Waals surface area contributed by atoms with Crippen LogP contribution in [-0.2, 0) is 9.53 Å². The van der Waals surface area contributed by atoms with Crippen molar-refractivity contribution in [3.8, 4) is 5.75 Å². The number of hydrogen-bond acceptors (Lipinski definition) is 4. The quantitative estimate of drug-likeness (QED) is 0.824. The molecule has 1 N–H and O–H groups in total. The Hall–Kier alpha value is -1.81. The van der Waals surface area contributed by atoms with Crippen LogP contribution >= 0.6 is 0 Å². The van der Waals surface area contributed by atoms with Crippen molar-refractivity contribution >= 4 is 11.5 Å². The molecule has 0 atom stereocenters. The predicted molar refractivity (Wildman–Crippen MR) is 69.4 cm³/mol. The summed E-state index contributed by atoms with van der Waals surface area (Å²) in [5.74, 6) is 0.523. The zero-order valence-electron chi connectivity index (χ0n) is 10.7. The summed E-state index contributed by atoms with van der Waals surface area (Å²) in [6, 6.07) is 7.71. The summed E-state index contributed by atoms with van der Waals surface area (Å²) in [7, 11) is 3.05. The summed E-state index contributed by atoms with van der Waals surface area (Å²) in [6.07, 6.45) is 0.681. The number of carbonyl (C=O) groups excluding carboxylic acids is 1. The monoisotopic (exact) mass is 247 g/mol. The zero-order valence-corrected chi connectivity index (χ0v) is 10.7. The predicted octanol–water partition coefficient (Wildman–Crippen LogP) is 1.62. The molecule has 4 nitrogen and oxygen atoms in total. The number of benzene rings is 1. The van der Waals surface area contributed by atoms with Gasteiger partial charge in [-0.15, -0.1) is 0 Å². The van der Waals surface area contributed by atoms with Crippen molar-refractivity contribution in [1.82, 2.24) is 5.32 Å². The van der Waals surface area contributed by atoms with Gasteiger partial charge in [-0.1, -0.05) is 18.2 Å². The van der Waals surface area contributed by atoms with Crippen molar-refractivity contribution in [2.24, 2.45) is 0 Å². The Kier molecular flexibility index (Phi) is 3.99. The first-order chi connectivity index (χ1) is 8.77. The standard InChI is InChI=1S/C14H17NO3/c1-17-13-6-4-3-5-10(13)12-9-15-8-7-11(12)14(16)18-2/h3-6,15H,7-9H2,1-2H3. The maximum Gasteiger partial charge on any atom is 0.334 e. The van der Waals surface area contributed by atoms with Gasteiger partial charge in [0.15, 0.2) is 0 Å². The third-order valence-electron chi connectivity index (χ3n) is 3.08. The van der Waals surface area contributed by atoms with Crippen LogP contribution in [-0.4, -0.2) is 33.3 Å². The number of rotatable bonds is 3. The molecule has 0 unspecified atom stereocenters. The van der Waals surface area contributed by atoms with Gasteiger partial charge in [0.2, 0.25) is 0 Å². The lowest BCUT2D eigenvalue weighted by Gasteiger charge is -2.21. The van der Waals surface area contributed by atoms with Gasteiger partial charge in [-0.25, -0.2) is 4.79 Å². The minimum absolute atomic E-state index is 0.252. The molecule has 1 heterocycles. The first kappa shape index (κ1) is 12.6. The number of para-hydroxylation sites is 1. The number of ether oxygens (including phenoxy) is 2. The highest BCUT2D eigenvalue weighted by molar-refractivity contribution is 5.99. The second-order valence-electron chi connectivity index (χ2n) is 4.08. The van der Waals surface area contributed by atoms with E-state index in [4.69, 9.17) is 9.47 Å². The molecule has 0 fully saturated rings. The van der Waals surface area contributed by atoms with Crippen molar-refractivity contribution in [2.75, 3.05) is 27.3 Å². The van der Waals surface area contributed by atoms with Crippen LogP contribution in [0.15, 0.2) is 29.8 Å². The van der Waals surface area contributed by atoms with Crippen molar-refractivity contribution < 1.29 is 14.3 Å². The fraction of sp³-hybridized carbons (Fsp3) is 0.357. The first-order valence-corrected chi connectivity index (χ1v) is 5.92. The second-order valence-corrected chi connectivity index (χ2v) is 4.08. The van der Waals surface area contributed by atoms with Gasteiger partial charge in [0, 0.05) is 17.7 Å². The number of carbonyl (C=O) groups is 1. The second kappa shape index (κ2) is 5.69. The Bertz CT molecular complexity index is 480. The molecule has 0 radical (unpaired) electrons. The van der Waals surface area contributed by atoms with Crippen LogP contribution in [0.25, 0.3) is 5.57 Å². The number of methoxy groups -OCH3 is 2. The van der Waals surface area contributed by atoms with E-state index in [1.54, 1.807) is 7.11 Å². The van der Waals surface area contributed by atoms with Gasteiger partial charge in [0.1, 0.15) is 5.75 Å². The van der Waals surface area contributed by atoms with E-state index in [2.05, 4.69) is 5.32 Å². The first-order valence-electron chi connectivity index (χ1n) is 5.92. The molecule has 0 bridgehead atoms. The van der Waals surface area contributed by atoms with Crippen LogP contribution < -0.4 is 10.1 Å². The van der Waals surface area contributed by atoms with Gasteiger partial charge in [0.25, 0.3) is 0 Å². The van der Waals surface area contributed by atoms with Crippen molar-refractivity contribution in [3.63, 3.8) is 0 Å². The summed E-state index contributed by atoms with van der Waals surface area (Å²) >= 11 is 0. The highest BCUT2D eigenvalue weighted by atomic mass is 16.5. The van der Waals surface area contributed by atoms with E-state index in [9.17, 15) is 4.79 Å². The lowest BCUT2D eigenvalue weighted by molar-refractivity contribution is -0.136. The van der Waals surface area contributed by atoms with Crippen LogP contribution in [0.5, 0.6) is 5.75 Å². The highest BCUT2D eigenvalue weighted by Gasteiger charge is 2.22. The lowest BCUT2D eigenvalue weighted by Crippen LogP contribution is -2.27. The molecule has 0 spiro atoms. The summed E-state index contributed by atoms with van der Waals surface area (Å²) < 4.78 is 10.2. The van der Waals surface area contributed by atoms with Crippen molar-refractivity contribution in [3.05, 3.63) is 35.4 Å². The van der Waals surface area contributed by atoms with Gasteiger partial charge in [-0.2, -0.15) is 0 Å². The van der Waals surface area contributed by atoms with Crippen LogP contribution in [0.4, 0.5) is 0 Å². The van der Waals surface area contributed by atoms with E-state index < -0.39 is 0 Å². The highest BCUT2D eigenvalue weighted by Crippen LogP contribution is 2.30. The SMILES string of the molecule is COC(=O)C1=C(c2ccccc2OC)CNCC1. The maximum atomic E-state index is 11.8. The molecule has 0 amide bonds. The summed E-state index contributed by atoms with van der Waals surface area (Å²) in [5, 5.41) is 3.27. The molecule has 1 aliphatic rings. The molecule has 1 aromatic carbocycles. The van der Waals surface area contributed by atoms with Gasteiger partial charge in [0.05, 0.1) is 14.2 Å². The molecule has 0 aromatic heterocycles. The Balaban J connectivity index is 2.50. The van der Waals surface area contributed by atoms with E-state index in [-0.39, 0.29) is 5.97 Å². The molecular weight excluding hydrogens is 230 g/mol. The summed E-state index contributed by atoms with van der Waals surface area (Å²) in [4.78, 5) is 11.8. The van der Waals surface area contributed by atoms with Crippen LogP contribution in [0, 0.1) is 0 Å². The third-order valence-corrected chi connectivity index (χ3v) is 3.08. The third kappa shape index (κ3) is 2.38. The van der Waals surface area contributed by atoms with E-state index in [0.29, 0.717) is 13.0 Å². The molecule has 0 aliphatic carbocycles. The molecular formula is C14H17NO3. The molecule has 2 rings (SSSR count). The maximum absolute atomic E-state index is 11.8. The average Bonchev–Trinajstić information content (AvgIpc) is 2.46. The Morgan fingerprint density at radius 3 is 2.78 bits per heavy atom. The van der Waals surface area contributed by atoms with E-state index in [1.807, 2.05) is 24.3 Å². The van der Waals surface area contributed by atoms with Gasteiger partial charge < -0.3 is 14.8 Å². The van der Waals surface area contributed by atoms with E-state index >= 15 is 0 Å². The summed E-state index contributed by atoms with van der Waals surface area (Å²) in [6.45, 7) is 1.45. The Labute approximate surface area is 107 Å². The molecule has 1 aliphatic heterocycles. The van der Waals surface area contributed by atoms with Crippen molar-refractivity contribution in [1.29, 1.82) is 0 Å². The number of esters is 1. The van der Waals surface area contributed by atoms with Gasteiger partial charge >= 0.3 is 5.97 Å². The summed E-state index contributed by atoms with van der Waals surface area (Å²) in [5.41, 5.74) is 2.65. The fourth-order valence-corrected chi connectivity index (χ4v) is 2.18. The lowest BCUT2D eigenvalue weighted by atomic mass is 9.94. The van der Waals surface area contributed by atoms with E-state index in [0.717, 1.165) is 29.0 Å². The van der Waals surface area contributed by atoms with Crippen LogP contribution in [0.3, 0.4) is 0 Å². The molecule has 18 heavy (non-hydrogen) atoms. The van der Waals surface area contributed by atoms with E-state index in [1.165, 1.54) is 7.11 Å². The van der Waals surface area contributed by atoms with Crippen molar-refractivity contribution in [2.45, 2.75) is 6.42 Å². The van der Waals surface area contributed by atoms with Gasteiger partial charge in [-0.05, 0) is 24.6 Å². The minimum atomic E-state index is -0.252. The van der Waals surface area contributed by atoms with Gasteiger partial charge in [-0.3, -0.25) is 0 Å². The molecule has 0 saturated heterocycles. The van der Waals surface area contributed by atoms with Crippen LogP contribution in [0.1, 0.15) is 12.0 Å². The topological polar surface area (TPSA) is 47.6 Å². The number of nitrogens with one attached hydrogen (secondary N) is 1. The smallest absolute Gasteiger partial charge is 0.334 e.